The molecule has 2 unspecified atom stereocenters. The van der Waals surface area contributed by atoms with Gasteiger partial charge in [0.1, 0.15) is 5.82 Å². The van der Waals surface area contributed by atoms with Crippen molar-refractivity contribution in [2.45, 2.75) is 77.3 Å². The second-order valence-electron chi connectivity index (χ2n) is 9.85. The lowest BCUT2D eigenvalue weighted by atomic mass is 9.98. The Morgan fingerprint density at radius 2 is 1.77 bits per heavy atom. The number of amides is 1. The van der Waals surface area contributed by atoms with E-state index in [1.54, 1.807) is 0 Å². The van der Waals surface area contributed by atoms with E-state index in [2.05, 4.69) is 25.0 Å². The topological polar surface area (TPSA) is 64.6 Å². The summed E-state index contributed by atoms with van der Waals surface area (Å²) in [7, 11) is 0. The second kappa shape index (κ2) is 10.6. The number of hydrogen-bond acceptors (Lipinski definition) is 6. The van der Waals surface area contributed by atoms with Crippen LogP contribution in [0, 0.1) is 5.92 Å². The molecule has 2 atom stereocenters. The van der Waals surface area contributed by atoms with Crippen LogP contribution in [0.25, 0.3) is 0 Å². The molecule has 0 aromatic carbocycles. The molecular formula is C24H40N6O. The van der Waals surface area contributed by atoms with E-state index in [1.807, 2.05) is 26.1 Å². The summed E-state index contributed by atoms with van der Waals surface area (Å²) >= 11 is 0. The Kier molecular flexibility index (Phi) is 7.64. The molecule has 3 saturated heterocycles. The number of nitrogens with zero attached hydrogens (tertiary/aromatic N) is 5. The van der Waals surface area contributed by atoms with Gasteiger partial charge >= 0.3 is 0 Å². The van der Waals surface area contributed by atoms with Gasteiger partial charge in [-0.25, -0.2) is 4.98 Å². The third-order valence-corrected chi connectivity index (χ3v) is 7.08. The summed E-state index contributed by atoms with van der Waals surface area (Å²) in [6.45, 7) is 10.1. The number of likely N-dealkylation sites (tertiary alicyclic amines) is 2. The number of aromatic nitrogens is 2. The number of carbonyl (C=O) groups is 1. The molecule has 172 valence electrons. The van der Waals surface area contributed by atoms with Crippen LogP contribution in [0.1, 0.15) is 65.2 Å². The highest BCUT2D eigenvalue weighted by molar-refractivity contribution is 5.78. The maximum Gasteiger partial charge on any atom is 0.225 e. The SMILES string of the molecule is CC(C)C(=O)N1CCCC(N2CCCC(Nc3nccc(N4CCCCCC4)n3)C2)C1. The van der Waals surface area contributed by atoms with Crippen LogP contribution in [0.5, 0.6) is 0 Å². The lowest BCUT2D eigenvalue weighted by Gasteiger charge is -2.43. The predicted molar refractivity (Wildman–Crippen MR) is 125 cm³/mol. The molecule has 1 aromatic heterocycles. The third kappa shape index (κ3) is 5.88. The maximum atomic E-state index is 12.5. The van der Waals surface area contributed by atoms with Crippen LogP contribution in [0.2, 0.25) is 0 Å². The first kappa shape index (κ1) is 22.3. The van der Waals surface area contributed by atoms with Crippen molar-refractivity contribution in [3.63, 3.8) is 0 Å². The Hall–Kier alpha value is -1.89. The molecule has 1 aromatic rings. The number of anilines is 2. The van der Waals surface area contributed by atoms with Gasteiger partial charge in [-0.1, -0.05) is 26.7 Å². The van der Waals surface area contributed by atoms with Crippen molar-refractivity contribution >= 4 is 17.7 Å². The van der Waals surface area contributed by atoms with Gasteiger partial charge in [0.2, 0.25) is 11.9 Å². The molecule has 0 bridgehead atoms. The van der Waals surface area contributed by atoms with Crippen LogP contribution in [-0.4, -0.2) is 77.0 Å². The standard InChI is InChI=1S/C24H40N6O/c1-19(2)23(31)30-16-8-10-21(18-30)29-15-7-9-20(17-29)26-24-25-12-11-22(27-24)28-13-5-3-4-6-14-28/h11-12,19-21H,3-10,13-18H2,1-2H3,(H,25,26,27). The maximum absolute atomic E-state index is 12.5. The Balaban J connectivity index is 1.35. The lowest BCUT2D eigenvalue weighted by Crippen LogP contribution is -2.54. The van der Waals surface area contributed by atoms with Crippen molar-refractivity contribution in [3.05, 3.63) is 12.3 Å². The van der Waals surface area contributed by atoms with Gasteiger partial charge in [-0.2, -0.15) is 4.98 Å². The van der Waals surface area contributed by atoms with Crippen molar-refractivity contribution < 1.29 is 4.79 Å². The highest BCUT2D eigenvalue weighted by atomic mass is 16.2. The van der Waals surface area contributed by atoms with Crippen LogP contribution in [0.3, 0.4) is 0 Å². The summed E-state index contributed by atoms with van der Waals surface area (Å²) in [5.41, 5.74) is 0. The van der Waals surface area contributed by atoms with Crippen molar-refractivity contribution in [1.29, 1.82) is 0 Å². The van der Waals surface area contributed by atoms with Crippen LogP contribution < -0.4 is 10.2 Å². The number of nitrogens with one attached hydrogen (secondary N) is 1. The van der Waals surface area contributed by atoms with E-state index >= 15 is 0 Å². The van der Waals surface area contributed by atoms with Crippen LogP contribution in [-0.2, 0) is 4.79 Å². The van der Waals surface area contributed by atoms with Crippen molar-refractivity contribution in [1.82, 2.24) is 19.8 Å². The first-order valence-corrected chi connectivity index (χ1v) is 12.5. The van der Waals surface area contributed by atoms with E-state index in [-0.39, 0.29) is 5.92 Å². The van der Waals surface area contributed by atoms with Crippen LogP contribution >= 0.6 is 0 Å². The Morgan fingerprint density at radius 3 is 2.55 bits per heavy atom. The molecule has 3 aliphatic rings. The number of piperidine rings is 2. The average Bonchev–Trinajstić information content (AvgIpc) is 3.09. The summed E-state index contributed by atoms with van der Waals surface area (Å²) in [4.78, 5) is 29.0. The zero-order chi connectivity index (χ0) is 21.6. The molecule has 3 fully saturated rings. The van der Waals surface area contributed by atoms with E-state index in [0.717, 1.165) is 63.9 Å². The summed E-state index contributed by atoms with van der Waals surface area (Å²) in [5.74, 6) is 2.20. The summed E-state index contributed by atoms with van der Waals surface area (Å²) < 4.78 is 0. The smallest absolute Gasteiger partial charge is 0.225 e. The van der Waals surface area contributed by atoms with E-state index in [9.17, 15) is 4.79 Å². The third-order valence-electron chi connectivity index (χ3n) is 7.08. The van der Waals surface area contributed by atoms with E-state index in [4.69, 9.17) is 4.98 Å². The van der Waals surface area contributed by atoms with E-state index in [0.29, 0.717) is 18.0 Å². The molecule has 3 aliphatic heterocycles. The van der Waals surface area contributed by atoms with Crippen molar-refractivity contribution in [2.24, 2.45) is 5.92 Å². The first-order chi connectivity index (χ1) is 15.1. The highest BCUT2D eigenvalue weighted by Crippen LogP contribution is 2.24. The van der Waals surface area contributed by atoms with Crippen molar-refractivity contribution in [2.75, 3.05) is 49.5 Å². The van der Waals surface area contributed by atoms with Gasteiger partial charge in [-0.3, -0.25) is 9.69 Å². The Bertz CT molecular complexity index is 718. The summed E-state index contributed by atoms with van der Waals surface area (Å²) in [5, 5.41) is 3.63. The average molecular weight is 429 g/mol. The fraction of sp³-hybridized carbons (Fsp3) is 0.792. The van der Waals surface area contributed by atoms with Gasteiger partial charge in [0, 0.05) is 56.9 Å². The molecule has 0 aliphatic carbocycles. The molecule has 31 heavy (non-hydrogen) atoms. The number of hydrogen-bond donors (Lipinski definition) is 1. The summed E-state index contributed by atoms with van der Waals surface area (Å²) in [6, 6.07) is 2.89. The van der Waals surface area contributed by atoms with Crippen molar-refractivity contribution in [3.8, 4) is 0 Å². The molecule has 1 amide bonds. The Labute approximate surface area is 187 Å². The minimum Gasteiger partial charge on any atom is -0.356 e. The minimum absolute atomic E-state index is 0.0862. The van der Waals surface area contributed by atoms with E-state index in [1.165, 1.54) is 38.5 Å². The molecule has 4 heterocycles. The number of carbonyl (C=O) groups excluding carboxylic acids is 1. The molecule has 0 saturated carbocycles. The largest absolute Gasteiger partial charge is 0.356 e. The van der Waals surface area contributed by atoms with E-state index < -0.39 is 0 Å². The Morgan fingerprint density at radius 1 is 1.00 bits per heavy atom. The number of rotatable bonds is 5. The highest BCUT2D eigenvalue weighted by Gasteiger charge is 2.31. The fourth-order valence-electron chi connectivity index (χ4n) is 5.35. The minimum atomic E-state index is 0.0862. The van der Waals surface area contributed by atoms with Gasteiger partial charge in [-0.15, -0.1) is 0 Å². The van der Waals surface area contributed by atoms with Crippen LogP contribution in [0.15, 0.2) is 12.3 Å². The van der Waals surface area contributed by atoms with Crippen LogP contribution in [0.4, 0.5) is 11.8 Å². The predicted octanol–water partition coefficient (Wildman–Crippen LogP) is 3.38. The summed E-state index contributed by atoms with van der Waals surface area (Å²) in [6.07, 6.45) is 11.7. The molecule has 4 rings (SSSR count). The molecule has 7 heteroatoms. The monoisotopic (exact) mass is 428 g/mol. The van der Waals surface area contributed by atoms with Gasteiger partial charge in [0.25, 0.3) is 0 Å². The van der Waals surface area contributed by atoms with Gasteiger partial charge < -0.3 is 15.1 Å². The first-order valence-electron chi connectivity index (χ1n) is 12.5. The lowest BCUT2D eigenvalue weighted by molar-refractivity contribution is -0.136. The molecule has 0 radical (unpaired) electrons. The second-order valence-corrected chi connectivity index (χ2v) is 9.85. The zero-order valence-corrected chi connectivity index (χ0v) is 19.4. The fourth-order valence-corrected chi connectivity index (χ4v) is 5.35. The molecular weight excluding hydrogens is 388 g/mol. The van der Waals surface area contributed by atoms with Gasteiger partial charge in [-0.05, 0) is 51.1 Å². The van der Waals surface area contributed by atoms with Gasteiger partial charge in [0.05, 0.1) is 0 Å². The molecule has 1 N–H and O–H groups in total. The normalized spacial score (nSPS) is 26.0. The van der Waals surface area contributed by atoms with Gasteiger partial charge in [0.15, 0.2) is 0 Å². The molecule has 0 spiro atoms. The zero-order valence-electron chi connectivity index (χ0n) is 19.4. The molecule has 7 nitrogen and oxygen atoms in total. The quantitative estimate of drug-likeness (QED) is 0.776.